The molecule has 1 aromatic carbocycles. The molecule has 0 heterocycles. The van der Waals surface area contributed by atoms with Gasteiger partial charge in [-0.05, 0) is 36.1 Å². The molecule has 0 aliphatic heterocycles. The Morgan fingerprint density at radius 1 is 1.36 bits per heavy atom. The zero-order chi connectivity index (χ0) is 10.7. The largest absolute Gasteiger partial charge is 0.388 e. The molecule has 0 amide bonds. The van der Waals surface area contributed by atoms with Crippen LogP contribution in [0.2, 0.25) is 0 Å². The van der Waals surface area contributed by atoms with Crippen LogP contribution < -0.4 is 0 Å². The normalized spacial score (nSPS) is 13.3. The third-order valence-corrected chi connectivity index (χ3v) is 2.42. The van der Waals surface area contributed by atoms with E-state index in [1.807, 2.05) is 13.8 Å². The van der Waals surface area contributed by atoms with Crippen molar-refractivity contribution >= 4 is 15.9 Å². The molecule has 0 saturated heterocycles. The molecule has 0 aliphatic carbocycles. The highest BCUT2D eigenvalue weighted by atomic mass is 79.9. The highest BCUT2D eigenvalue weighted by molar-refractivity contribution is 9.10. The maximum atomic E-state index is 13.0. The molecule has 0 saturated carbocycles. The van der Waals surface area contributed by atoms with Gasteiger partial charge in [0.2, 0.25) is 0 Å². The summed E-state index contributed by atoms with van der Waals surface area (Å²) in [6.07, 6.45) is 0.0672. The zero-order valence-corrected chi connectivity index (χ0v) is 9.88. The first kappa shape index (κ1) is 11.7. The Morgan fingerprint density at radius 2 is 2.00 bits per heavy atom. The highest BCUT2D eigenvalue weighted by Crippen LogP contribution is 2.24. The lowest BCUT2D eigenvalue weighted by Gasteiger charge is -2.13. The van der Waals surface area contributed by atoms with Gasteiger partial charge in [-0.2, -0.15) is 0 Å². The molecular formula is C11H14BrFO. The van der Waals surface area contributed by atoms with Crippen molar-refractivity contribution in [3.05, 3.63) is 34.1 Å². The summed E-state index contributed by atoms with van der Waals surface area (Å²) in [6, 6.07) is 4.50. The van der Waals surface area contributed by atoms with Gasteiger partial charge < -0.3 is 5.11 Å². The molecule has 0 aliphatic rings. The maximum Gasteiger partial charge on any atom is 0.124 e. The number of hydrogen-bond acceptors (Lipinski definition) is 1. The molecule has 0 fully saturated rings. The molecule has 1 rings (SSSR count). The topological polar surface area (TPSA) is 20.2 Å². The van der Waals surface area contributed by atoms with Gasteiger partial charge in [-0.15, -0.1) is 0 Å². The standard InChI is InChI=1S/C11H14BrFO/c1-7(2)3-11(14)8-4-9(12)6-10(13)5-8/h4-7,11,14H,3H2,1-2H3. The van der Waals surface area contributed by atoms with Gasteiger partial charge in [-0.3, -0.25) is 0 Å². The first-order valence-corrected chi connectivity index (χ1v) is 5.42. The third kappa shape index (κ3) is 3.39. The van der Waals surface area contributed by atoms with Crippen LogP contribution >= 0.6 is 15.9 Å². The van der Waals surface area contributed by atoms with E-state index in [4.69, 9.17) is 0 Å². The molecule has 14 heavy (non-hydrogen) atoms. The minimum atomic E-state index is -0.581. The minimum absolute atomic E-state index is 0.322. The average Bonchev–Trinajstić information content (AvgIpc) is 2.00. The maximum absolute atomic E-state index is 13.0. The Labute approximate surface area is 92.1 Å². The van der Waals surface area contributed by atoms with Gasteiger partial charge in [0.25, 0.3) is 0 Å². The molecule has 0 radical (unpaired) electrons. The first-order chi connectivity index (χ1) is 6.49. The molecule has 0 aromatic heterocycles. The lowest BCUT2D eigenvalue weighted by atomic mass is 10.00. The van der Waals surface area contributed by atoms with Gasteiger partial charge in [0.05, 0.1) is 6.10 Å². The van der Waals surface area contributed by atoms with Crippen molar-refractivity contribution in [2.45, 2.75) is 26.4 Å². The lowest BCUT2D eigenvalue weighted by Crippen LogP contribution is -2.02. The summed E-state index contributed by atoms with van der Waals surface area (Å²) >= 11 is 3.20. The Morgan fingerprint density at radius 3 is 2.50 bits per heavy atom. The monoisotopic (exact) mass is 260 g/mol. The first-order valence-electron chi connectivity index (χ1n) is 4.63. The summed E-state index contributed by atoms with van der Waals surface area (Å²) in [6.45, 7) is 4.05. The summed E-state index contributed by atoms with van der Waals surface area (Å²) in [7, 11) is 0. The number of rotatable bonds is 3. The van der Waals surface area contributed by atoms with Crippen LogP contribution in [0.25, 0.3) is 0 Å². The van der Waals surface area contributed by atoms with Gasteiger partial charge in [0.1, 0.15) is 5.82 Å². The highest BCUT2D eigenvalue weighted by Gasteiger charge is 2.11. The number of hydrogen-bond donors (Lipinski definition) is 1. The number of aliphatic hydroxyl groups excluding tert-OH is 1. The van der Waals surface area contributed by atoms with Crippen molar-refractivity contribution in [1.29, 1.82) is 0 Å². The van der Waals surface area contributed by atoms with Crippen LogP contribution in [0.5, 0.6) is 0 Å². The molecule has 1 N–H and O–H groups in total. The molecule has 0 spiro atoms. The number of benzene rings is 1. The van der Waals surface area contributed by atoms with Gasteiger partial charge in [-0.25, -0.2) is 4.39 Å². The van der Waals surface area contributed by atoms with Crippen LogP contribution in [0.4, 0.5) is 4.39 Å². The Bertz CT molecular complexity index is 292. The van der Waals surface area contributed by atoms with Crippen molar-refractivity contribution < 1.29 is 9.50 Å². The van der Waals surface area contributed by atoms with Crippen LogP contribution in [-0.4, -0.2) is 5.11 Å². The van der Waals surface area contributed by atoms with Crippen LogP contribution in [-0.2, 0) is 0 Å². The predicted molar refractivity (Wildman–Crippen MR) is 58.5 cm³/mol. The fourth-order valence-electron chi connectivity index (χ4n) is 1.35. The molecule has 0 bridgehead atoms. The SMILES string of the molecule is CC(C)CC(O)c1cc(F)cc(Br)c1. The van der Waals surface area contributed by atoms with Gasteiger partial charge in [-0.1, -0.05) is 29.8 Å². The van der Waals surface area contributed by atoms with E-state index in [2.05, 4.69) is 15.9 Å². The molecule has 1 atom stereocenters. The Hall–Kier alpha value is -0.410. The lowest BCUT2D eigenvalue weighted by molar-refractivity contribution is 0.150. The van der Waals surface area contributed by atoms with Crippen molar-refractivity contribution in [2.24, 2.45) is 5.92 Å². The Balaban J connectivity index is 2.84. The van der Waals surface area contributed by atoms with Crippen LogP contribution in [0.1, 0.15) is 31.9 Å². The second kappa shape index (κ2) is 4.89. The van der Waals surface area contributed by atoms with E-state index < -0.39 is 6.10 Å². The minimum Gasteiger partial charge on any atom is -0.388 e. The molecule has 1 unspecified atom stereocenters. The van der Waals surface area contributed by atoms with E-state index in [0.717, 1.165) is 0 Å². The molecule has 1 aromatic rings. The summed E-state index contributed by atoms with van der Waals surface area (Å²) < 4.78 is 13.6. The van der Waals surface area contributed by atoms with Crippen molar-refractivity contribution in [1.82, 2.24) is 0 Å². The van der Waals surface area contributed by atoms with E-state index in [1.54, 1.807) is 6.07 Å². The van der Waals surface area contributed by atoms with Gasteiger partial charge in [0, 0.05) is 4.47 Å². The number of aliphatic hydroxyl groups is 1. The van der Waals surface area contributed by atoms with Crippen molar-refractivity contribution in [3.8, 4) is 0 Å². The Kier molecular flexibility index (Phi) is 4.08. The van der Waals surface area contributed by atoms with Gasteiger partial charge >= 0.3 is 0 Å². The van der Waals surface area contributed by atoms with E-state index in [0.29, 0.717) is 22.4 Å². The van der Waals surface area contributed by atoms with Gasteiger partial charge in [0.15, 0.2) is 0 Å². The zero-order valence-electron chi connectivity index (χ0n) is 8.30. The smallest absolute Gasteiger partial charge is 0.124 e. The van der Waals surface area contributed by atoms with E-state index in [9.17, 15) is 9.50 Å². The summed E-state index contributed by atoms with van der Waals surface area (Å²) in [5.41, 5.74) is 0.630. The summed E-state index contributed by atoms with van der Waals surface area (Å²) in [4.78, 5) is 0. The molecular weight excluding hydrogens is 247 g/mol. The summed E-state index contributed by atoms with van der Waals surface area (Å²) in [5.74, 6) is 0.0734. The van der Waals surface area contributed by atoms with Crippen LogP contribution in [0.15, 0.2) is 22.7 Å². The third-order valence-electron chi connectivity index (χ3n) is 1.96. The van der Waals surface area contributed by atoms with Crippen molar-refractivity contribution in [2.75, 3.05) is 0 Å². The van der Waals surface area contributed by atoms with Crippen molar-refractivity contribution in [3.63, 3.8) is 0 Å². The average molecular weight is 261 g/mol. The quantitative estimate of drug-likeness (QED) is 0.880. The fourth-order valence-corrected chi connectivity index (χ4v) is 1.83. The molecule has 3 heteroatoms. The van der Waals surface area contributed by atoms with E-state index >= 15 is 0 Å². The summed E-state index contributed by atoms with van der Waals surface area (Å²) in [5, 5.41) is 9.75. The van der Waals surface area contributed by atoms with Crippen LogP contribution in [0, 0.1) is 11.7 Å². The van der Waals surface area contributed by atoms with E-state index in [1.165, 1.54) is 12.1 Å². The molecule has 1 nitrogen and oxygen atoms in total. The number of halogens is 2. The second-order valence-corrected chi connectivity index (χ2v) is 4.76. The fraction of sp³-hybridized carbons (Fsp3) is 0.455. The molecule has 78 valence electrons. The predicted octanol–water partition coefficient (Wildman–Crippen LogP) is 3.67. The van der Waals surface area contributed by atoms with Crippen LogP contribution in [0.3, 0.4) is 0 Å². The second-order valence-electron chi connectivity index (χ2n) is 3.85. The van der Waals surface area contributed by atoms with E-state index in [-0.39, 0.29) is 5.82 Å².